The number of carbonyl (C=O) groups is 3. The van der Waals surface area contributed by atoms with Crippen LogP contribution in [0.2, 0.25) is 0 Å². The Hall–Kier alpha value is -2.06. The summed E-state index contributed by atoms with van der Waals surface area (Å²) in [5.41, 5.74) is 4.31. The zero-order chi connectivity index (χ0) is 21.2. The first-order valence-electron chi connectivity index (χ1n) is 10.2. The molecule has 8 heteroatoms. The quantitative estimate of drug-likeness (QED) is 0.314. The van der Waals surface area contributed by atoms with E-state index < -0.39 is 11.3 Å². The molecule has 160 valence electrons. The number of esters is 1. The fourth-order valence-corrected chi connectivity index (χ4v) is 4.09. The predicted octanol–water partition coefficient (Wildman–Crippen LogP) is 2.18. The molecule has 1 aromatic carbocycles. The molecule has 0 unspecified atom stereocenters. The van der Waals surface area contributed by atoms with E-state index in [0.717, 1.165) is 18.6 Å². The Kier molecular flexibility index (Phi) is 9.47. The largest absolute Gasteiger partial charge is 0.494 e. The Bertz CT molecular complexity index is 695. The third-order valence-electron chi connectivity index (χ3n) is 4.59. The molecule has 0 saturated carbocycles. The molecule has 7 nitrogen and oxygen atoms in total. The molecule has 0 bridgehead atoms. The molecule has 1 fully saturated rings. The highest BCUT2D eigenvalue weighted by Gasteiger charge is 2.40. The van der Waals surface area contributed by atoms with Crippen LogP contribution in [0.5, 0.6) is 5.75 Å². The molecule has 3 N–H and O–H groups in total. The molecule has 1 saturated heterocycles. The number of carbonyl (C=O) groups excluding carboxylic acids is 3. The summed E-state index contributed by atoms with van der Waals surface area (Å²) < 4.78 is 10.6. The second-order valence-electron chi connectivity index (χ2n) is 6.95. The van der Waals surface area contributed by atoms with Gasteiger partial charge in [0.25, 0.3) is 0 Å². The molecule has 0 spiro atoms. The normalized spacial score (nSPS) is 17.5. The molecule has 1 aliphatic heterocycles. The molecule has 1 aromatic rings. The number of ether oxygens (including phenoxy) is 2. The van der Waals surface area contributed by atoms with E-state index in [1.165, 1.54) is 29.5 Å². The van der Waals surface area contributed by atoms with Crippen LogP contribution in [-0.2, 0) is 19.1 Å². The number of hydrogen-bond donors (Lipinski definition) is 1. The van der Waals surface area contributed by atoms with Crippen molar-refractivity contribution < 1.29 is 29.6 Å². The smallest absolute Gasteiger partial charge is 0.365 e. The van der Waals surface area contributed by atoms with E-state index in [0.29, 0.717) is 24.7 Å². The number of benzene rings is 1. The van der Waals surface area contributed by atoms with Crippen molar-refractivity contribution in [1.82, 2.24) is 0 Å². The van der Waals surface area contributed by atoms with E-state index in [4.69, 9.17) is 9.47 Å². The van der Waals surface area contributed by atoms with Crippen molar-refractivity contribution in [3.05, 3.63) is 24.3 Å². The van der Waals surface area contributed by atoms with Gasteiger partial charge in [-0.3, -0.25) is 9.59 Å². The van der Waals surface area contributed by atoms with E-state index in [2.05, 4.69) is 12.7 Å². The Balaban J connectivity index is 1.88. The Morgan fingerprint density at radius 3 is 2.59 bits per heavy atom. The van der Waals surface area contributed by atoms with Crippen molar-refractivity contribution in [1.29, 1.82) is 0 Å². The third-order valence-corrected chi connectivity index (χ3v) is 5.95. The minimum absolute atomic E-state index is 0.120. The Morgan fingerprint density at radius 2 is 1.93 bits per heavy atom. The van der Waals surface area contributed by atoms with Crippen LogP contribution in [0.4, 0.5) is 5.69 Å². The number of quaternary nitrogens is 1. The number of unbranched alkanes of at least 4 members (excludes halogenated alkanes) is 3. The number of rotatable bonds is 12. The maximum atomic E-state index is 12.7. The number of thioether (sulfide) groups is 1. The van der Waals surface area contributed by atoms with E-state index in [-0.39, 0.29) is 24.2 Å². The summed E-state index contributed by atoms with van der Waals surface area (Å²) in [6, 6.07) is 6.46. The zero-order valence-electron chi connectivity index (χ0n) is 17.2. The lowest BCUT2D eigenvalue weighted by Crippen LogP contribution is -2.66. The summed E-state index contributed by atoms with van der Waals surface area (Å²) in [6.45, 7) is 4.86. The lowest BCUT2D eigenvalue weighted by Gasteiger charge is -2.16. The van der Waals surface area contributed by atoms with Crippen LogP contribution in [0.25, 0.3) is 0 Å². The molecular formula is C21H31N2O5S+. The highest BCUT2D eigenvalue weighted by molar-refractivity contribution is 8.00. The predicted molar refractivity (Wildman–Crippen MR) is 113 cm³/mol. The third kappa shape index (κ3) is 6.75. The summed E-state index contributed by atoms with van der Waals surface area (Å²) in [6.07, 6.45) is 4.67. The second-order valence-corrected chi connectivity index (χ2v) is 8.18. The van der Waals surface area contributed by atoms with Gasteiger partial charge < -0.3 is 15.2 Å². The van der Waals surface area contributed by atoms with Crippen LogP contribution in [0.3, 0.4) is 0 Å². The van der Waals surface area contributed by atoms with Gasteiger partial charge >= 0.3 is 5.97 Å². The van der Waals surface area contributed by atoms with Crippen molar-refractivity contribution in [3.63, 3.8) is 0 Å². The number of amides is 2. The maximum Gasteiger partial charge on any atom is 0.365 e. The summed E-state index contributed by atoms with van der Waals surface area (Å²) in [4.78, 5) is 38.0. The highest BCUT2D eigenvalue weighted by Crippen LogP contribution is 2.30. The van der Waals surface area contributed by atoms with Crippen LogP contribution < -0.4 is 15.4 Å². The van der Waals surface area contributed by atoms with Crippen molar-refractivity contribution in [3.8, 4) is 5.75 Å². The number of imide groups is 1. The van der Waals surface area contributed by atoms with Crippen molar-refractivity contribution in [2.75, 3.05) is 23.9 Å². The van der Waals surface area contributed by atoms with Gasteiger partial charge in [0.15, 0.2) is 6.04 Å². The molecule has 0 radical (unpaired) electrons. The minimum Gasteiger partial charge on any atom is -0.494 e. The van der Waals surface area contributed by atoms with E-state index in [9.17, 15) is 14.4 Å². The van der Waals surface area contributed by atoms with Crippen molar-refractivity contribution in [2.24, 2.45) is 0 Å². The maximum absolute atomic E-state index is 12.7. The highest BCUT2D eigenvalue weighted by atomic mass is 32.2. The van der Waals surface area contributed by atoms with Gasteiger partial charge in [0.2, 0.25) is 11.8 Å². The van der Waals surface area contributed by atoms with Crippen LogP contribution >= 0.6 is 11.8 Å². The van der Waals surface area contributed by atoms with Gasteiger partial charge in [0, 0.05) is 6.42 Å². The van der Waals surface area contributed by atoms with Gasteiger partial charge in [-0.05, 0) is 37.6 Å². The second kappa shape index (κ2) is 11.8. The van der Waals surface area contributed by atoms with Gasteiger partial charge in [0.05, 0.1) is 29.9 Å². The summed E-state index contributed by atoms with van der Waals surface area (Å²) >= 11 is 1.28. The topological polar surface area (TPSA) is 101 Å². The molecule has 2 atom stereocenters. The van der Waals surface area contributed by atoms with Crippen LogP contribution in [0, 0.1) is 0 Å². The number of hydrogen-bond acceptors (Lipinski definition) is 6. The molecule has 0 aromatic heterocycles. The fraction of sp³-hybridized carbons (Fsp3) is 0.571. The Labute approximate surface area is 176 Å². The van der Waals surface area contributed by atoms with Crippen LogP contribution in [-0.4, -0.2) is 48.0 Å². The summed E-state index contributed by atoms with van der Waals surface area (Å²) in [5.74, 6) is 0.173. The first kappa shape index (κ1) is 23.2. The molecule has 2 amide bonds. The minimum atomic E-state index is -0.564. The first-order chi connectivity index (χ1) is 14.0. The van der Waals surface area contributed by atoms with E-state index in [1.54, 1.807) is 31.2 Å². The number of nitrogens with zero attached hydrogens (tertiary/aromatic N) is 1. The van der Waals surface area contributed by atoms with Crippen LogP contribution in [0.1, 0.15) is 46.0 Å². The number of anilines is 1. The standard InChI is InChI=1S/C21H30N2O5S/c1-3-5-6-7-12-28-16-10-8-15(9-11-16)23-19(24)13-18(20(23)25)29-14-17(22)21(26)27-4-2/h8-11,17-18H,3-7,12-14,22H2,1-2H3/p+1/t17-,18-/m0/s1. The molecule has 2 rings (SSSR count). The van der Waals surface area contributed by atoms with Gasteiger partial charge in [-0.1, -0.05) is 26.2 Å². The Morgan fingerprint density at radius 1 is 1.21 bits per heavy atom. The molecule has 29 heavy (non-hydrogen) atoms. The molecule has 1 heterocycles. The van der Waals surface area contributed by atoms with E-state index >= 15 is 0 Å². The summed E-state index contributed by atoms with van der Waals surface area (Å²) in [5, 5.41) is -0.504. The lowest BCUT2D eigenvalue weighted by molar-refractivity contribution is -0.401. The van der Waals surface area contributed by atoms with Gasteiger partial charge in [0.1, 0.15) is 5.75 Å². The van der Waals surface area contributed by atoms with Crippen molar-refractivity contribution in [2.45, 2.75) is 57.2 Å². The first-order valence-corrected chi connectivity index (χ1v) is 11.2. The van der Waals surface area contributed by atoms with Gasteiger partial charge in [-0.15, -0.1) is 11.8 Å². The lowest BCUT2D eigenvalue weighted by atomic mass is 10.2. The van der Waals surface area contributed by atoms with Crippen molar-refractivity contribution >= 4 is 35.2 Å². The molecular weight excluding hydrogens is 392 g/mol. The van der Waals surface area contributed by atoms with Gasteiger partial charge in [-0.2, -0.15) is 0 Å². The average Bonchev–Trinajstić information content (AvgIpc) is 3.00. The SMILES string of the molecule is CCCCCCOc1ccc(N2C(=O)C[C@H](SC[C@H]([NH3+])C(=O)OCC)C2=O)cc1. The molecule has 1 aliphatic rings. The fourth-order valence-electron chi connectivity index (χ4n) is 2.98. The van der Waals surface area contributed by atoms with Gasteiger partial charge in [-0.25, -0.2) is 9.69 Å². The summed E-state index contributed by atoms with van der Waals surface area (Å²) in [7, 11) is 0. The average molecular weight is 424 g/mol. The molecule has 0 aliphatic carbocycles. The monoisotopic (exact) mass is 423 g/mol. The van der Waals surface area contributed by atoms with E-state index in [1.807, 2.05) is 0 Å². The zero-order valence-corrected chi connectivity index (χ0v) is 18.0. The van der Waals surface area contributed by atoms with Crippen LogP contribution in [0.15, 0.2) is 24.3 Å².